The van der Waals surface area contributed by atoms with Gasteiger partial charge in [-0.05, 0) is 32.6 Å². The fraction of sp³-hybridized carbons (Fsp3) is 0.692. The van der Waals surface area contributed by atoms with Crippen LogP contribution < -0.4 is 5.32 Å². The Bertz CT molecular complexity index is 330. The van der Waals surface area contributed by atoms with Gasteiger partial charge in [-0.15, -0.1) is 6.58 Å². The van der Waals surface area contributed by atoms with Crippen LogP contribution in [0.1, 0.15) is 39.5 Å². The second-order valence-electron chi connectivity index (χ2n) is 4.76. The molecular weight excluding hydrogens is 232 g/mol. The van der Waals surface area contributed by atoms with Crippen LogP contribution in [0.2, 0.25) is 0 Å². The molecule has 0 aliphatic carbocycles. The minimum Gasteiger partial charge on any atom is -0.480 e. The van der Waals surface area contributed by atoms with Crippen LogP contribution in [-0.4, -0.2) is 40.1 Å². The van der Waals surface area contributed by atoms with Crippen molar-refractivity contribution in [2.24, 2.45) is 0 Å². The number of nitrogens with one attached hydrogen (secondary N) is 1. The summed E-state index contributed by atoms with van der Waals surface area (Å²) in [6, 6.07) is -0.771. The summed E-state index contributed by atoms with van der Waals surface area (Å²) >= 11 is 0. The quantitative estimate of drug-likeness (QED) is 0.737. The van der Waals surface area contributed by atoms with Gasteiger partial charge in [-0.1, -0.05) is 13.0 Å². The van der Waals surface area contributed by atoms with Crippen LogP contribution >= 0.6 is 0 Å². The van der Waals surface area contributed by atoms with Crippen molar-refractivity contribution in [3.8, 4) is 0 Å². The molecule has 0 aromatic carbocycles. The minimum atomic E-state index is -1.02. The predicted molar refractivity (Wildman–Crippen MR) is 69.4 cm³/mol. The molecule has 1 rings (SSSR count). The number of carboxylic acids is 1. The fourth-order valence-electron chi connectivity index (χ4n) is 2.45. The lowest BCUT2D eigenvalue weighted by molar-refractivity contribution is -0.139. The second-order valence-corrected chi connectivity index (χ2v) is 4.76. The number of amides is 2. The van der Waals surface area contributed by atoms with Gasteiger partial charge in [0.2, 0.25) is 0 Å². The number of nitrogens with zero attached hydrogens (tertiary/aromatic N) is 1. The Balaban J connectivity index is 2.67. The topological polar surface area (TPSA) is 69.6 Å². The van der Waals surface area contributed by atoms with E-state index in [4.69, 9.17) is 5.11 Å². The zero-order valence-corrected chi connectivity index (χ0v) is 11.1. The molecule has 0 radical (unpaired) electrons. The number of rotatable bonds is 5. The number of hydrogen-bond donors (Lipinski definition) is 2. The molecule has 0 bridgehead atoms. The minimum absolute atomic E-state index is 0.174. The van der Waals surface area contributed by atoms with Crippen LogP contribution in [0.15, 0.2) is 12.7 Å². The highest BCUT2D eigenvalue weighted by Crippen LogP contribution is 2.25. The van der Waals surface area contributed by atoms with E-state index in [0.29, 0.717) is 0 Å². The lowest BCUT2D eigenvalue weighted by atomic mass is 10.1. The molecule has 1 saturated heterocycles. The maximum Gasteiger partial charge on any atom is 0.326 e. The van der Waals surface area contributed by atoms with Crippen molar-refractivity contribution in [3.63, 3.8) is 0 Å². The first-order valence-corrected chi connectivity index (χ1v) is 6.43. The van der Waals surface area contributed by atoms with Gasteiger partial charge in [-0.2, -0.15) is 0 Å². The molecule has 0 aromatic rings. The molecule has 3 atom stereocenters. The lowest BCUT2D eigenvalue weighted by Gasteiger charge is -2.29. The smallest absolute Gasteiger partial charge is 0.326 e. The van der Waals surface area contributed by atoms with Gasteiger partial charge in [-0.25, -0.2) is 9.59 Å². The SMILES string of the molecule is C=CCC(NC(=O)N1C(C)CCC1CC)C(=O)O. The van der Waals surface area contributed by atoms with Gasteiger partial charge in [0.1, 0.15) is 6.04 Å². The number of aliphatic carboxylic acids is 1. The van der Waals surface area contributed by atoms with Crippen LogP contribution in [0.25, 0.3) is 0 Å². The van der Waals surface area contributed by atoms with E-state index in [1.54, 1.807) is 4.90 Å². The Morgan fingerprint density at radius 1 is 1.56 bits per heavy atom. The molecule has 18 heavy (non-hydrogen) atoms. The molecule has 2 N–H and O–H groups in total. The largest absolute Gasteiger partial charge is 0.480 e. The first-order valence-electron chi connectivity index (χ1n) is 6.43. The molecule has 3 unspecified atom stereocenters. The van der Waals surface area contributed by atoms with Crippen molar-refractivity contribution in [3.05, 3.63) is 12.7 Å². The summed E-state index contributed by atoms with van der Waals surface area (Å²) in [6.45, 7) is 7.55. The first kappa shape index (κ1) is 14.5. The molecule has 5 heteroatoms. The normalized spacial score (nSPS) is 24.7. The van der Waals surface area contributed by atoms with E-state index in [-0.39, 0.29) is 24.5 Å². The van der Waals surface area contributed by atoms with Crippen molar-refractivity contribution >= 4 is 12.0 Å². The molecule has 102 valence electrons. The number of carboxylic acid groups (broad SMARTS) is 1. The van der Waals surface area contributed by atoms with E-state index in [1.807, 2.05) is 13.8 Å². The Hall–Kier alpha value is -1.52. The molecule has 1 aliphatic heterocycles. The van der Waals surface area contributed by atoms with Gasteiger partial charge in [0.25, 0.3) is 0 Å². The van der Waals surface area contributed by atoms with Gasteiger partial charge in [0.15, 0.2) is 0 Å². The zero-order valence-electron chi connectivity index (χ0n) is 11.1. The predicted octanol–water partition coefficient (Wildman–Crippen LogP) is 1.99. The molecule has 1 aliphatic rings. The van der Waals surface area contributed by atoms with E-state index >= 15 is 0 Å². The lowest BCUT2D eigenvalue weighted by Crippen LogP contribution is -2.51. The van der Waals surface area contributed by atoms with E-state index in [1.165, 1.54) is 6.08 Å². The standard InChI is InChI=1S/C13H22N2O3/c1-4-6-11(12(16)17)14-13(18)15-9(3)7-8-10(15)5-2/h4,9-11H,1,5-8H2,2-3H3,(H,14,18)(H,16,17). The monoisotopic (exact) mass is 254 g/mol. The third kappa shape index (κ3) is 3.24. The van der Waals surface area contributed by atoms with Crippen molar-refractivity contribution in [2.75, 3.05) is 0 Å². The third-order valence-electron chi connectivity index (χ3n) is 3.49. The number of carbonyl (C=O) groups excluding carboxylic acids is 1. The molecule has 2 amide bonds. The van der Waals surface area contributed by atoms with Crippen molar-refractivity contribution < 1.29 is 14.7 Å². The number of hydrogen-bond acceptors (Lipinski definition) is 2. The molecule has 0 aromatic heterocycles. The first-order chi connectivity index (χ1) is 8.51. The van der Waals surface area contributed by atoms with Gasteiger partial charge in [0, 0.05) is 12.1 Å². The molecule has 0 saturated carbocycles. The van der Waals surface area contributed by atoms with E-state index in [9.17, 15) is 9.59 Å². The number of urea groups is 1. The van der Waals surface area contributed by atoms with Crippen molar-refractivity contribution in [2.45, 2.75) is 57.7 Å². The van der Waals surface area contributed by atoms with Crippen molar-refractivity contribution in [1.29, 1.82) is 0 Å². The van der Waals surface area contributed by atoms with Gasteiger partial charge >= 0.3 is 12.0 Å². The van der Waals surface area contributed by atoms with Crippen LogP contribution in [0.5, 0.6) is 0 Å². The van der Waals surface area contributed by atoms with E-state index in [2.05, 4.69) is 11.9 Å². The number of carbonyl (C=O) groups is 2. The fourth-order valence-corrected chi connectivity index (χ4v) is 2.45. The van der Waals surface area contributed by atoms with E-state index < -0.39 is 12.0 Å². The maximum atomic E-state index is 12.1. The number of likely N-dealkylation sites (tertiary alicyclic amines) is 1. The van der Waals surface area contributed by atoms with Gasteiger partial charge in [-0.3, -0.25) is 0 Å². The zero-order chi connectivity index (χ0) is 13.7. The average molecular weight is 254 g/mol. The Morgan fingerprint density at radius 2 is 2.22 bits per heavy atom. The summed E-state index contributed by atoms with van der Waals surface area (Å²) in [4.78, 5) is 24.9. The summed E-state index contributed by atoms with van der Waals surface area (Å²) in [7, 11) is 0. The van der Waals surface area contributed by atoms with E-state index in [0.717, 1.165) is 19.3 Å². The summed E-state index contributed by atoms with van der Waals surface area (Å²) in [5.41, 5.74) is 0. The third-order valence-corrected chi connectivity index (χ3v) is 3.49. The second kappa shape index (κ2) is 6.42. The molecule has 1 heterocycles. The van der Waals surface area contributed by atoms with Crippen LogP contribution in [0, 0.1) is 0 Å². The molecule has 0 spiro atoms. The summed E-state index contributed by atoms with van der Waals surface area (Å²) in [6.07, 6.45) is 4.61. The van der Waals surface area contributed by atoms with Crippen LogP contribution in [0.3, 0.4) is 0 Å². The molecule has 5 nitrogen and oxygen atoms in total. The highest BCUT2D eigenvalue weighted by atomic mass is 16.4. The van der Waals surface area contributed by atoms with Crippen molar-refractivity contribution in [1.82, 2.24) is 10.2 Å². The van der Waals surface area contributed by atoms with Crippen LogP contribution in [-0.2, 0) is 4.79 Å². The Morgan fingerprint density at radius 3 is 2.72 bits per heavy atom. The summed E-state index contributed by atoms with van der Waals surface area (Å²) in [5.74, 6) is -1.02. The Labute approximate surface area is 108 Å². The van der Waals surface area contributed by atoms with Gasteiger partial charge < -0.3 is 15.3 Å². The highest BCUT2D eigenvalue weighted by Gasteiger charge is 2.34. The highest BCUT2D eigenvalue weighted by molar-refractivity contribution is 5.83. The molecular formula is C13H22N2O3. The van der Waals surface area contributed by atoms with Gasteiger partial charge in [0.05, 0.1) is 0 Å². The molecule has 1 fully saturated rings. The van der Waals surface area contributed by atoms with Crippen LogP contribution in [0.4, 0.5) is 4.79 Å². The Kier molecular flexibility index (Phi) is 5.19. The summed E-state index contributed by atoms with van der Waals surface area (Å²) in [5, 5.41) is 11.6. The average Bonchev–Trinajstić information content (AvgIpc) is 2.69. The summed E-state index contributed by atoms with van der Waals surface area (Å²) < 4.78 is 0. The maximum absolute atomic E-state index is 12.1.